The van der Waals surface area contributed by atoms with E-state index in [-0.39, 0.29) is 29.8 Å². The van der Waals surface area contributed by atoms with E-state index < -0.39 is 0 Å². The van der Waals surface area contributed by atoms with Crippen LogP contribution in [0.5, 0.6) is 0 Å². The highest BCUT2D eigenvalue weighted by molar-refractivity contribution is 6.04. The Labute approximate surface area is 172 Å². The summed E-state index contributed by atoms with van der Waals surface area (Å²) in [5.74, 6) is 0.222. The zero-order chi connectivity index (χ0) is 20.2. The van der Waals surface area contributed by atoms with E-state index in [2.05, 4.69) is 5.32 Å². The first kappa shape index (κ1) is 19.6. The smallest absolute Gasteiger partial charge is 0.255 e. The second-order valence-electron chi connectivity index (χ2n) is 8.23. The van der Waals surface area contributed by atoms with Crippen LogP contribution >= 0.6 is 0 Å². The van der Waals surface area contributed by atoms with E-state index in [1.807, 2.05) is 47.4 Å². The molecule has 5 heteroatoms. The van der Waals surface area contributed by atoms with Crippen molar-refractivity contribution in [3.63, 3.8) is 0 Å². The second kappa shape index (κ2) is 8.78. The van der Waals surface area contributed by atoms with Crippen LogP contribution in [0.1, 0.15) is 54.4 Å². The van der Waals surface area contributed by atoms with Crippen LogP contribution in [0, 0.1) is 5.92 Å². The average Bonchev–Trinajstić information content (AvgIpc) is 3.59. The van der Waals surface area contributed by atoms with Crippen molar-refractivity contribution in [3.8, 4) is 0 Å². The van der Waals surface area contributed by atoms with Crippen molar-refractivity contribution < 1.29 is 9.59 Å². The minimum atomic E-state index is -0.146. The number of hydrogen-bond donors (Lipinski definition) is 2. The zero-order valence-electron chi connectivity index (χ0n) is 16.7. The van der Waals surface area contributed by atoms with Crippen LogP contribution in [0.4, 0.5) is 5.69 Å². The van der Waals surface area contributed by atoms with E-state index in [1.54, 1.807) is 12.1 Å². The Hall–Kier alpha value is -2.66. The van der Waals surface area contributed by atoms with Crippen molar-refractivity contribution in [1.82, 2.24) is 4.90 Å². The van der Waals surface area contributed by atoms with Crippen molar-refractivity contribution in [2.75, 3.05) is 5.32 Å². The number of para-hydroxylation sites is 1. The molecule has 2 aromatic carbocycles. The van der Waals surface area contributed by atoms with Crippen molar-refractivity contribution >= 4 is 17.5 Å². The van der Waals surface area contributed by atoms with E-state index in [1.165, 1.54) is 0 Å². The van der Waals surface area contributed by atoms with Crippen LogP contribution in [-0.2, 0) is 11.3 Å². The van der Waals surface area contributed by atoms with Crippen molar-refractivity contribution in [2.45, 2.75) is 57.2 Å². The lowest BCUT2D eigenvalue weighted by Crippen LogP contribution is -2.52. The molecule has 0 bridgehead atoms. The molecule has 2 atom stereocenters. The number of nitrogens with one attached hydrogen (secondary N) is 1. The standard InChI is InChI=1S/C24H29N3O2/c25-20-11-5-7-13-22(20)27(24(29)18-14-15-18)16-19-10-4-6-12-21(19)26-23(28)17-8-2-1-3-9-17/h1-4,6,8-10,12,18,20,22H,5,7,11,13-16,25H2,(H,26,28). The SMILES string of the molecule is NC1CCCCC1N(Cc1ccccc1NC(=O)c1ccccc1)C(=O)C1CC1. The minimum absolute atomic E-state index is 0.0255. The van der Waals surface area contributed by atoms with Gasteiger partial charge in [-0.1, -0.05) is 49.2 Å². The Morgan fingerprint density at radius 3 is 2.34 bits per heavy atom. The van der Waals surface area contributed by atoms with Gasteiger partial charge in [-0.25, -0.2) is 0 Å². The molecule has 0 spiro atoms. The predicted octanol–water partition coefficient (Wildman–Crippen LogP) is 3.95. The maximum absolute atomic E-state index is 13.1. The first-order valence-corrected chi connectivity index (χ1v) is 10.6. The first-order chi connectivity index (χ1) is 14.1. The molecule has 0 saturated heterocycles. The van der Waals surface area contributed by atoms with Gasteiger partial charge in [-0.15, -0.1) is 0 Å². The maximum atomic E-state index is 13.1. The summed E-state index contributed by atoms with van der Waals surface area (Å²) in [4.78, 5) is 27.7. The third-order valence-electron chi connectivity index (χ3n) is 6.03. The number of anilines is 1. The van der Waals surface area contributed by atoms with Crippen LogP contribution in [-0.4, -0.2) is 28.8 Å². The van der Waals surface area contributed by atoms with Gasteiger partial charge < -0.3 is 16.0 Å². The number of nitrogens with zero attached hydrogens (tertiary/aromatic N) is 1. The highest BCUT2D eigenvalue weighted by atomic mass is 16.2. The van der Waals surface area contributed by atoms with Gasteiger partial charge in [0.05, 0.1) is 0 Å². The maximum Gasteiger partial charge on any atom is 0.255 e. The Kier molecular flexibility index (Phi) is 5.95. The molecule has 152 valence electrons. The fraction of sp³-hybridized carbons (Fsp3) is 0.417. The molecule has 2 amide bonds. The van der Waals surface area contributed by atoms with Crippen molar-refractivity contribution in [3.05, 3.63) is 65.7 Å². The summed E-state index contributed by atoms with van der Waals surface area (Å²) >= 11 is 0. The summed E-state index contributed by atoms with van der Waals surface area (Å²) in [6, 6.07) is 17.0. The average molecular weight is 392 g/mol. The molecule has 0 aromatic heterocycles. The van der Waals surface area contributed by atoms with Crippen LogP contribution in [0.3, 0.4) is 0 Å². The molecule has 4 rings (SSSR count). The van der Waals surface area contributed by atoms with Gasteiger partial charge in [0.2, 0.25) is 5.91 Å². The van der Waals surface area contributed by atoms with Gasteiger partial charge in [0, 0.05) is 35.8 Å². The Morgan fingerprint density at radius 1 is 0.931 bits per heavy atom. The summed E-state index contributed by atoms with van der Waals surface area (Å²) in [6.07, 6.45) is 6.11. The van der Waals surface area contributed by atoms with E-state index in [9.17, 15) is 9.59 Å². The van der Waals surface area contributed by atoms with Gasteiger partial charge in [0.15, 0.2) is 0 Å². The van der Waals surface area contributed by atoms with E-state index in [0.29, 0.717) is 12.1 Å². The predicted molar refractivity (Wildman–Crippen MR) is 114 cm³/mol. The molecule has 2 aliphatic carbocycles. The molecule has 0 aliphatic heterocycles. The zero-order valence-corrected chi connectivity index (χ0v) is 16.7. The van der Waals surface area contributed by atoms with Crippen LogP contribution in [0.15, 0.2) is 54.6 Å². The molecule has 2 unspecified atom stereocenters. The highest BCUT2D eigenvalue weighted by Gasteiger charge is 2.38. The Bertz CT molecular complexity index is 863. The van der Waals surface area contributed by atoms with Gasteiger partial charge in [-0.05, 0) is 49.4 Å². The summed E-state index contributed by atoms with van der Waals surface area (Å²) in [6.45, 7) is 0.485. The lowest BCUT2D eigenvalue weighted by Gasteiger charge is -2.39. The molecular formula is C24H29N3O2. The fourth-order valence-electron chi connectivity index (χ4n) is 4.20. The van der Waals surface area contributed by atoms with E-state index >= 15 is 0 Å². The topological polar surface area (TPSA) is 75.4 Å². The number of carbonyl (C=O) groups is 2. The quantitative estimate of drug-likeness (QED) is 0.783. The third kappa shape index (κ3) is 4.67. The molecule has 3 N–H and O–H groups in total. The fourth-order valence-corrected chi connectivity index (χ4v) is 4.20. The van der Waals surface area contributed by atoms with E-state index in [4.69, 9.17) is 5.73 Å². The molecule has 2 aromatic rings. The molecule has 2 aliphatic rings. The third-order valence-corrected chi connectivity index (χ3v) is 6.03. The number of carbonyl (C=O) groups excluding carboxylic acids is 2. The van der Waals surface area contributed by atoms with Crippen LogP contribution in [0.25, 0.3) is 0 Å². The second-order valence-corrected chi connectivity index (χ2v) is 8.23. The molecule has 5 nitrogen and oxygen atoms in total. The molecular weight excluding hydrogens is 362 g/mol. The van der Waals surface area contributed by atoms with Crippen molar-refractivity contribution in [1.29, 1.82) is 0 Å². The van der Waals surface area contributed by atoms with Gasteiger partial charge in [0.1, 0.15) is 0 Å². The van der Waals surface area contributed by atoms with Crippen LogP contribution in [0.2, 0.25) is 0 Å². The van der Waals surface area contributed by atoms with E-state index in [0.717, 1.165) is 49.8 Å². The normalized spacial score (nSPS) is 21.4. The molecule has 0 heterocycles. The molecule has 0 radical (unpaired) electrons. The monoisotopic (exact) mass is 391 g/mol. The molecule has 29 heavy (non-hydrogen) atoms. The number of nitrogens with two attached hydrogens (primary N) is 1. The minimum Gasteiger partial charge on any atom is -0.334 e. The van der Waals surface area contributed by atoms with Crippen LogP contribution < -0.4 is 11.1 Å². The summed E-state index contributed by atoms with van der Waals surface area (Å²) in [5.41, 5.74) is 8.73. The number of rotatable bonds is 6. The Morgan fingerprint density at radius 2 is 1.62 bits per heavy atom. The summed E-state index contributed by atoms with van der Waals surface area (Å²) in [7, 11) is 0. The van der Waals surface area contributed by atoms with Gasteiger partial charge >= 0.3 is 0 Å². The van der Waals surface area contributed by atoms with Gasteiger partial charge in [0.25, 0.3) is 5.91 Å². The van der Waals surface area contributed by atoms with Gasteiger partial charge in [-0.3, -0.25) is 9.59 Å². The molecule has 2 fully saturated rings. The highest BCUT2D eigenvalue weighted by Crippen LogP contribution is 2.35. The number of hydrogen-bond acceptors (Lipinski definition) is 3. The number of amides is 2. The largest absolute Gasteiger partial charge is 0.334 e. The first-order valence-electron chi connectivity index (χ1n) is 10.6. The summed E-state index contributed by atoms with van der Waals surface area (Å²) < 4.78 is 0. The lowest BCUT2D eigenvalue weighted by molar-refractivity contribution is -0.136. The van der Waals surface area contributed by atoms with Gasteiger partial charge in [-0.2, -0.15) is 0 Å². The number of benzene rings is 2. The van der Waals surface area contributed by atoms with Crippen molar-refractivity contribution in [2.24, 2.45) is 11.7 Å². The Balaban J connectivity index is 1.56. The lowest BCUT2D eigenvalue weighted by atomic mass is 9.89. The molecule has 2 saturated carbocycles. The summed E-state index contributed by atoms with van der Waals surface area (Å²) in [5, 5.41) is 3.02.